The van der Waals surface area contributed by atoms with Gasteiger partial charge in [0.1, 0.15) is 0 Å². The number of nitrogens with one attached hydrogen (secondary N) is 1. The smallest absolute Gasteiger partial charge is 0.325 e. The fourth-order valence-corrected chi connectivity index (χ4v) is 4.39. The lowest BCUT2D eigenvalue weighted by atomic mass is 10.1. The number of nitrogens with zero attached hydrogens (tertiary/aromatic N) is 5. The molecule has 4 rings (SSSR count). The lowest BCUT2D eigenvalue weighted by Gasteiger charge is -2.40. The molecule has 1 aromatic rings. The third-order valence-electron chi connectivity index (χ3n) is 6.11. The highest BCUT2D eigenvalue weighted by Crippen LogP contribution is 2.26. The van der Waals surface area contributed by atoms with Crippen molar-refractivity contribution in [1.29, 1.82) is 0 Å². The Kier molecular flexibility index (Phi) is 5.45. The van der Waals surface area contributed by atoms with Crippen molar-refractivity contribution >= 4 is 17.9 Å². The molecule has 0 spiro atoms. The summed E-state index contributed by atoms with van der Waals surface area (Å²) in [4.78, 5) is 37.7. The normalized spacial score (nSPS) is 25.2. The van der Waals surface area contributed by atoms with E-state index in [2.05, 4.69) is 58.1 Å². The van der Waals surface area contributed by atoms with E-state index >= 15 is 0 Å². The summed E-state index contributed by atoms with van der Waals surface area (Å²) in [6, 6.07) is 7.72. The number of aryl methyl sites for hydroxylation is 1. The fraction of sp³-hybridized carbons (Fsp3) is 0.571. The van der Waals surface area contributed by atoms with Crippen molar-refractivity contribution in [3.63, 3.8) is 0 Å². The molecule has 3 aliphatic rings. The molecule has 2 atom stereocenters. The number of hydrogen-bond donors (Lipinski definition) is 1. The zero-order valence-electron chi connectivity index (χ0n) is 17.5. The van der Waals surface area contributed by atoms with Gasteiger partial charge in [-0.2, -0.15) is 0 Å². The van der Waals surface area contributed by atoms with E-state index in [4.69, 9.17) is 4.99 Å². The molecule has 8 nitrogen and oxygen atoms in total. The molecule has 3 amide bonds. The molecular weight excluding hydrogens is 368 g/mol. The third-order valence-corrected chi connectivity index (χ3v) is 6.11. The summed E-state index contributed by atoms with van der Waals surface area (Å²) in [5.41, 5.74) is 2.70. The van der Waals surface area contributed by atoms with Crippen LogP contribution >= 0.6 is 0 Å². The van der Waals surface area contributed by atoms with Gasteiger partial charge in [0.25, 0.3) is 5.91 Å². The van der Waals surface area contributed by atoms with Crippen molar-refractivity contribution in [2.45, 2.75) is 39.0 Å². The molecule has 3 heterocycles. The van der Waals surface area contributed by atoms with E-state index in [9.17, 15) is 9.59 Å². The van der Waals surface area contributed by atoms with Crippen molar-refractivity contribution in [2.24, 2.45) is 4.99 Å². The quantitative estimate of drug-likeness (QED) is 0.822. The van der Waals surface area contributed by atoms with Crippen LogP contribution in [0.15, 0.2) is 29.3 Å². The SMILES string of the molecule is CCCN1C(N2CCN(Cc3ccccc3C)CC2)=NC2C1C(=O)NC(=O)N2C. The molecule has 0 aliphatic carbocycles. The van der Waals surface area contributed by atoms with Gasteiger partial charge in [-0.25, -0.2) is 9.79 Å². The highest BCUT2D eigenvalue weighted by molar-refractivity contribution is 6.03. The molecule has 0 aromatic heterocycles. The summed E-state index contributed by atoms with van der Waals surface area (Å²) in [5, 5.41) is 2.46. The number of urea groups is 1. The molecule has 29 heavy (non-hydrogen) atoms. The first-order valence-corrected chi connectivity index (χ1v) is 10.4. The van der Waals surface area contributed by atoms with Crippen molar-refractivity contribution in [3.8, 4) is 0 Å². The maximum absolute atomic E-state index is 12.5. The summed E-state index contributed by atoms with van der Waals surface area (Å²) in [7, 11) is 1.70. The number of carbonyl (C=O) groups is 2. The predicted molar refractivity (Wildman–Crippen MR) is 111 cm³/mol. The van der Waals surface area contributed by atoms with Crippen LogP contribution in [0.5, 0.6) is 0 Å². The number of rotatable bonds is 4. The zero-order chi connectivity index (χ0) is 20.5. The maximum atomic E-state index is 12.5. The molecule has 0 bridgehead atoms. The van der Waals surface area contributed by atoms with Crippen LogP contribution in [0.2, 0.25) is 0 Å². The number of likely N-dealkylation sites (N-methyl/N-ethyl adjacent to an activating group) is 1. The third kappa shape index (κ3) is 3.69. The fourth-order valence-electron chi connectivity index (χ4n) is 4.39. The van der Waals surface area contributed by atoms with E-state index in [-0.39, 0.29) is 11.9 Å². The van der Waals surface area contributed by atoms with Crippen LogP contribution in [0.3, 0.4) is 0 Å². The Morgan fingerprint density at radius 2 is 1.86 bits per heavy atom. The summed E-state index contributed by atoms with van der Waals surface area (Å²) in [6.07, 6.45) is 0.475. The van der Waals surface area contributed by atoms with E-state index in [0.29, 0.717) is 0 Å². The molecule has 2 fully saturated rings. The molecule has 0 radical (unpaired) electrons. The number of benzene rings is 1. The monoisotopic (exact) mass is 398 g/mol. The van der Waals surface area contributed by atoms with E-state index in [0.717, 1.165) is 51.6 Å². The lowest BCUT2D eigenvalue weighted by molar-refractivity contribution is -0.127. The average Bonchev–Trinajstić information content (AvgIpc) is 3.09. The molecule has 0 saturated carbocycles. The number of carbonyl (C=O) groups excluding carboxylic acids is 2. The average molecular weight is 399 g/mol. The van der Waals surface area contributed by atoms with E-state index in [1.54, 1.807) is 7.05 Å². The Morgan fingerprint density at radius 3 is 2.55 bits per heavy atom. The second-order valence-electron chi connectivity index (χ2n) is 8.08. The van der Waals surface area contributed by atoms with Gasteiger partial charge in [-0.15, -0.1) is 0 Å². The second kappa shape index (κ2) is 8.02. The lowest BCUT2D eigenvalue weighted by Crippen LogP contribution is -2.64. The van der Waals surface area contributed by atoms with Crippen LogP contribution in [0.1, 0.15) is 24.5 Å². The number of aliphatic imine (C=N–C) groups is 1. The molecule has 8 heteroatoms. The Morgan fingerprint density at radius 1 is 1.14 bits per heavy atom. The van der Waals surface area contributed by atoms with Crippen molar-refractivity contribution < 1.29 is 9.59 Å². The molecule has 1 aromatic carbocycles. The summed E-state index contributed by atoms with van der Waals surface area (Å²) in [6.45, 7) is 9.59. The van der Waals surface area contributed by atoms with E-state index < -0.39 is 12.2 Å². The van der Waals surface area contributed by atoms with Crippen LogP contribution in [0, 0.1) is 6.92 Å². The highest BCUT2D eigenvalue weighted by Gasteiger charge is 2.49. The van der Waals surface area contributed by atoms with Crippen LogP contribution < -0.4 is 5.32 Å². The van der Waals surface area contributed by atoms with Gasteiger partial charge in [0.2, 0.25) is 0 Å². The molecule has 156 valence electrons. The van der Waals surface area contributed by atoms with Crippen molar-refractivity contribution in [3.05, 3.63) is 35.4 Å². The van der Waals surface area contributed by atoms with Gasteiger partial charge >= 0.3 is 6.03 Å². The van der Waals surface area contributed by atoms with Crippen molar-refractivity contribution in [2.75, 3.05) is 39.8 Å². The molecule has 1 N–H and O–H groups in total. The van der Waals surface area contributed by atoms with Gasteiger partial charge in [-0.05, 0) is 24.5 Å². The van der Waals surface area contributed by atoms with Gasteiger partial charge in [-0.1, -0.05) is 31.2 Å². The number of amides is 3. The highest BCUT2D eigenvalue weighted by atomic mass is 16.2. The van der Waals surface area contributed by atoms with E-state index in [1.807, 2.05) is 0 Å². The minimum atomic E-state index is -0.442. The van der Waals surface area contributed by atoms with Crippen LogP contribution in [-0.2, 0) is 11.3 Å². The topological polar surface area (TPSA) is 71.5 Å². The molecular formula is C21H30N6O2. The number of guanidine groups is 1. The largest absolute Gasteiger partial charge is 0.340 e. The minimum Gasteiger partial charge on any atom is -0.340 e. The first kappa shape index (κ1) is 19.7. The summed E-state index contributed by atoms with van der Waals surface area (Å²) in [5.74, 6) is 0.609. The standard InChI is InChI=1S/C21H30N6O2/c1-4-9-27-17-18(24(3)21(29)23-19(17)28)22-20(27)26-12-10-25(11-13-26)14-16-8-6-5-7-15(16)2/h5-8,17-18H,4,9-14H2,1-3H3,(H,23,28,29). The van der Waals surface area contributed by atoms with Gasteiger partial charge in [-0.3, -0.25) is 15.0 Å². The van der Waals surface area contributed by atoms with Crippen molar-refractivity contribution in [1.82, 2.24) is 24.9 Å². The minimum absolute atomic E-state index is 0.247. The Balaban J connectivity index is 1.46. The second-order valence-corrected chi connectivity index (χ2v) is 8.08. The Labute approximate surface area is 172 Å². The number of piperazine rings is 1. The Hall–Kier alpha value is -2.61. The molecule has 3 aliphatic heterocycles. The first-order chi connectivity index (χ1) is 14.0. The predicted octanol–water partition coefficient (Wildman–Crippen LogP) is 1.07. The molecule has 2 unspecified atom stereocenters. The van der Waals surface area contributed by atoms with Gasteiger partial charge in [0.15, 0.2) is 18.2 Å². The number of fused-ring (bicyclic) bond motifs is 1. The van der Waals surface area contributed by atoms with Gasteiger partial charge < -0.3 is 14.7 Å². The van der Waals surface area contributed by atoms with Crippen LogP contribution in [-0.4, -0.2) is 89.5 Å². The van der Waals surface area contributed by atoms with Crippen LogP contribution in [0.4, 0.5) is 4.79 Å². The Bertz CT molecular complexity index is 817. The van der Waals surface area contributed by atoms with Gasteiger partial charge in [0, 0.05) is 46.3 Å². The molecule has 2 saturated heterocycles. The van der Waals surface area contributed by atoms with E-state index in [1.165, 1.54) is 16.0 Å². The maximum Gasteiger partial charge on any atom is 0.325 e. The van der Waals surface area contributed by atoms with Crippen LogP contribution in [0.25, 0.3) is 0 Å². The first-order valence-electron chi connectivity index (χ1n) is 10.4. The zero-order valence-corrected chi connectivity index (χ0v) is 17.5. The number of imide groups is 1. The number of hydrogen-bond acceptors (Lipinski definition) is 6. The summed E-state index contributed by atoms with van der Waals surface area (Å²) < 4.78 is 0. The van der Waals surface area contributed by atoms with Gasteiger partial charge in [0.05, 0.1) is 0 Å². The summed E-state index contributed by atoms with van der Waals surface area (Å²) >= 11 is 0.